The van der Waals surface area contributed by atoms with Crippen LogP contribution in [0.4, 0.5) is 0 Å². The molecule has 0 aliphatic carbocycles. The molecule has 3 heteroatoms. The van der Waals surface area contributed by atoms with Crippen molar-refractivity contribution in [2.75, 3.05) is 0 Å². The third-order valence-electron chi connectivity index (χ3n) is 5.26. The van der Waals surface area contributed by atoms with Crippen LogP contribution >= 0.6 is 15.9 Å². The molecular formula is C24H14BrNO. The van der Waals surface area contributed by atoms with Crippen molar-refractivity contribution in [1.29, 1.82) is 0 Å². The molecule has 2 heterocycles. The fourth-order valence-corrected chi connectivity index (χ4v) is 4.73. The van der Waals surface area contributed by atoms with E-state index < -0.39 is 0 Å². The predicted molar refractivity (Wildman–Crippen MR) is 116 cm³/mol. The Morgan fingerprint density at radius 2 is 1.37 bits per heavy atom. The molecule has 2 aromatic heterocycles. The van der Waals surface area contributed by atoms with E-state index in [1.54, 1.807) is 0 Å². The third-order valence-corrected chi connectivity index (χ3v) is 5.92. The molecule has 0 N–H and O–H groups in total. The second-order valence-corrected chi connectivity index (χ2v) is 7.59. The molecule has 2 nitrogen and oxygen atoms in total. The fourth-order valence-electron chi connectivity index (χ4n) is 4.18. The Morgan fingerprint density at radius 3 is 2.26 bits per heavy atom. The maximum Gasteiger partial charge on any atom is 0.136 e. The van der Waals surface area contributed by atoms with Crippen molar-refractivity contribution < 1.29 is 4.42 Å². The number of para-hydroxylation sites is 2. The number of fused-ring (bicyclic) bond motifs is 7. The first-order valence-corrected chi connectivity index (χ1v) is 9.70. The Morgan fingerprint density at radius 1 is 0.593 bits per heavy atom. The topological polar surface area (TPSA) is 18.1 Å². The minimum absolute atomic E-state index is 0.906. The van der Waals surface area contributed by atoms with E-state index in [-0.39, 0.29) is 0 Å². The standard InChI is InChI=1S/C24H14BrNO/c25-17-10-6-12-20-23(17)24-21(27-20)14-13-19-22(24)16-9-4-5-11-18(16)26(19)15-7-2-1-3-8-15/h1-14H. The highest BCUT2D eigenvalue weighted by atomic mass is 79.9. The first kappa shape index (κ1) is 15.1. The van der Waals surface area contributed by atoms with Crippen LogP contribution in [0.5, 0.6) is 0 Å². The van der Waals surface area contributed by atoms with E-state index in [4.69, 9.17) is 4.42 Å². The Hall–Kier alpha value is -3.04. The second-order valence-electron chi connectivity index (χ2n) is 6.74. The van der Waals surface area contributed by atoms with Crippen molar-refractivity contribution in [1.82, 2.24) is 4.57 Å². The zero-order valence-corrected chi connectivity index (χ0v) is 15.9. The van der Waals surface area contributed by atoms with E-state index >= 15 is 0 Å². The molecule has 128 valence electrons. The molecule has 0 amide bonds. The summed E-state index contributed by atoms with van der Waals surface area (Å²) in [5.41, 5.74) is 5.37. The van der Waals surface area contributed by atoms with Crippen LogP contribution in [0.25, 0.3) is 49.4 Å². The summed E-state index contributed by atoms with van der Waals surface area (Å²) in [6.45, 7) is 0. The number of hydrogen-bond acceptors (Lipinski definition) is 1. The lowest BCUT2D eigenvalue weighted by molar-refractivity contribution is 0.669. The molecule has 0 saturated heterocycles. The van der Waals surface area contributed by atoms with Crippen LogP contribution in [0.2, 0.25) is 0 Å². The summed E-state index contributed by atoms with van der Waals surface area (Å²) in [5.74, 6) is 0. The Bertz CT molecular complexity index is 1470. The summed E-state index contributed by atoms with van der Waals surface area (Å²) >= 11 is 3.73. The molecule has 0 bridgehead atoms. The van der Waals surface area contributed by atoms with Gasteiger partial charge < -0.3 is 8.98 Å². The molecule has 0 spiro atoms. The van der Waals surface area contributed by atoms with Crippen LogP contribution in [-0.2, 0) is 0 Å². The summed E-state index contributed by atoms with van der Waals surface area (Å²) in [5, 5.41) is 4.77. The van der Waals surface area contributed by atoms with E-state index in [0.717, 1.165) is 26.7 Å². The number of nitrogens with zero attached hydrogens (tertiary/aromatic N) is 1. The number of rotatable bonds is 1. The van der Waals surface area contributed by atoms with Crippen LogP contribution in [0.3, 0.4) is 0 Å². The normalized spacial score (nSPS) is 11.9. The molecule has 0 fully saturated rings. The van der Waals surface area contributed by atoms with E-state index in [9.17, 15) is 0 Å². The first-order chi connectivity index (χ1) is 13.3. The van der Waals surface area contributed by atoms with Crippen LogP contribution in [0, 0.1) is 0 Å². The minimum atomic E-state index is 0.906. The predicted octanol–water partition coefficient (Wildman–Crippen LogP) is 7.45. The van der Waals surface area contributed by atoms with Gasteiger partial charge in [0.05, 0.1) is 11.0 Å². The summed E-state index contributed by atoms with van der Waals surface area (Å²) in [6, 6.07) is 29.5. The van der Waals surface area contributed by atoms with Crippen LogP contribution < -0.4 is 0 Å². The molecule has 27 heavy (non-hydrogen) atoms. The molecular weight excluding hydrogens is 398 g/mol. The van der Waals surface area contributed by atoms with Gasteiger partial charge in [-0.25, -0.2) is 0 Å². The van der Waals surface area contributed by atoms with Crippen molar-refractivity contribution in [2.45, 2.75) is 0 Å². The van der Waals surface area contributed by atoms with E-state index in [2.05, 4.69) is 93.3 Å². The SMILES string of the molecule is Brc1cccc2oc3ccc4c(c5ccccc5n4-c4ccccc4)c3c12. The third kappa shape index (κ3) is 2.00. The molecule has 0 saturated carbocycles. The summed E-state index contributed by atoms with van der Waals surface area (Å²) in [7, 11) is 0. The Balaban J connectivity index is 1.93. The maximum atomic E-state index is 6.17. The smallest absolute Gasteiger partial charge is 0.136 e. The van der Waals surface area contributed by atoms with Gasteiger partial charge in [0.2, 0.25) is 0 Å². The molecule has 0 aliphatic rings. The average Bonchev–Trinajstić information content (AvgIpc) is 3.24. The van der Waals surface area contributed by atoms with Crippen molar-refractivity contribution >= 4 is 59.7 Å². The molecule has 6 aromatic rings. The highest BCUT2D eigenvalue weighted by molar-refractivity contribution is 9.10. The number of benzene rings is 4. The van der Waals surface area contributed by atoms with Gasteiger partial charge in [-0.05, 0) is 42.5 Å². The van der Waals surface area contributed by atoms with Crippen molar-refractivity contribution in [3.63, 3.8) is 0 Å². The van der Waals surface area contributed by atoms with Crippen molar-refractivity contribution in [3.8, 4) is 5.69 Å². The van der Waals surface area contributed by atoms with Gasteiger partial charge >= 0.3 is 0 Å². The van der Waals surface area contributed by atoms with Gasteiger partial charge in [0.25, 0.3) is 0 Å². The number of hydrogen-bond donors (Lipinski definition) is 0. The molecule has 0 atom stereocenters. The summed E-state index contributed by atoms with van der Waals surface area (Å²) in [6.07, 6.45) is 0. The largest absolute Gasteiger partial charge is 0.456 e. The summed E-state index contributed by atoms with van der Waals surface area (Å²) < 4.78 is 9.56. The zero-order valence-electron chi connectivity index (χ0n) is 14.3. The van der Waals surface area contributed by atoms with E-state index in [1.807, 2.05) is 12.1 Å². The second kappa shape index (κ2) is 5.48. The number of aromatic nitrogens is 1. The number of furan rings is 1. The van der Waals surface area contributed by atoms with Crippen LogP contribution in [0.15, 0.2) is 93.8 Å². The Kier molecular flexibility index (Phi) is 3.06. The lowest BCUT2D eigenvalue weighted by Crippen LogP contribution is -1.92. The van der Waals surface area contributed by atoms with Gasteiger partial charge in [0.15, 0.2) is 0 Å². The quantitative estimate of drug-likeness (QED) is 0.274. The first-order valence-electron chi connectivity index (χ1n) is 8.91. The van der Waals surface area contributed by atoms with Gasteiger partial charge in [0.1, 0.15) is 11.2 Å². The van der Waals surface area contributed by atoms with Gasteiger partial charge in [-0.2, -0.15) is 0 Å². The highest BCUT2D eigenvalue weighted by Crippen LogP contribution is 2.42. The average molecular weight is 412 g/mol. The lowest BCUT2D eigenvalue weighted by Gasteiger charge is -2.07. The zero-order chi connectivity index (χ0) is 18.0. The monoisotopic (exact) mass is 411 g/mol. The van der Waals surface area contributed by atoms with Gasteiger partial charge in [-0.3, -0.25) is 0 Å². The molecule has 0 unspecified atom stereocenters. The van der Waals surface area contributed by atoms with Gasteiger partial charge in [-0.15, -0.1) is 0 Å². The van der Waals surface area contributed by atoms with Gasteiger partial charge in [-0.1, -0.05) is 58.4 Å². The minimum Gasteiger partial charge on any atom is -0.456 e. The van der Waals surface area contributed by atoms with E-state index in [1.165, 1.54) is 27.2 Å². The molecule has 0 radical (unpaired) electrons. The van der Waals surface area contributed by atoms with Crippen molar-refractivity contribution in [3.05, 3.63) is 89.4 Å². The fraction of sp³-hybridized carbons (Fsp3) is 0. The summed E-state index contributed by atoms with van der Waals surface area (Å²) in [4.78, 5) is 0. The Labute approximate surface area is 163 Å². The van der Waals surface area contributed by atoms with Gasteiger partial charge in [0, 0.05) is 31.7 Å². The number of halogens is 1. The van der Waals surface area contributed by atoms with Crippen LogP contribution in [-0.4, -0.2) is 4.57 Å². The molecule has 4 aromatic carbocycles. The molecule has 6 rings (SSSR count). The van der Waals surface area contributed by atoms with E-state index in [0.29, 0.717) is 0 Å². The maximum absolute atomic E-state index is 6.17. The van der Waals surface area contributed by atoms with Crippen molar-refractivity contribution in [2.24, 2.45) is 0 Å². The highest BCUT2D eigenvalue weighted by Gasteiger charge is 2.19. The lowest BCUT2D eigenvalue weighted by atomic mass is 10.1. The molecule has 0 aliphatic heterocycles. The van der Waals surface area contributed by atoms with Crippen LogP contribution in [0.1, 0.15) is 0 Å².